The first-order valence-electron chi connectivity index (χ1n) is 9.01. The molecule has 9 heteroatoms. The second-order valence-electron chi connectivity index (χ2n) is 6.86. The van der Waals surface area contributed by atoms with Gasteiger partial charge in [0.1, 0.15) is 5.69 Å². The van der Waals surface area contributed by atoms with Crippen LogP contribution < -0.4 is 4.90 Å². The van der Waals surface area contributed by atoms with Gasteiger partial charge in [0.25, 0.3) is 0 Å². The van der Waals surface area contributed by atoms with E-state index in [-0.39, 0.29) is 24.4 Å². The topological polar surface area (TPSA) is 84.5 Å². The lowest BCUT2D eigenvalue weighted by atomic mass is 10.0. The van der Waals surface area contributed by atoms with Gasteiger partial charge in [0.15, 0.2) is 11.0 Å². The summed E-state index contributed by atoms with van der Waals surface area (Å²) in [5, 5.41) is 15.1. The molecule has 148 valence electrons. The smallest absolute Gasteiger partial charge is 0.205 e. The normalized spacial score (nSPS) is 20.1. The summed E-state index contributed by atoms with van der Waals surface area (Å²) in [7, 11) is 0. The number of benzene rings is 1. The zero-order chi connectivity index (χ0) is 19.8. The van der Waals surface area contributed by atoms with Crippen molar-refractivity contribution < 1.29 is 18.8 Å². The number of thioether (sulfide) groups is 1. The van der Waals surface area contributed by atoms with Crippen molar-refractivity contribution in [3.05, 3.63) is 29.7 Å². The zero-order valence-electron chi connectivity index (χ0n) is 15.8. The molecule has 1 saturated heterocycles. The third-order valence-electron chi connectivity index (χ3n) is 4.72. The highest BCUT2D eigenvalue weighted by molar-refractivity contribution is 7.98. The summed E-state index contributed by atoms with van der Waals surface area (Å²) in [5.74, 6) is -0.527. The average Bonchev–Trinajstić information content (AvgIpc) is 3.11. The molecule has 0 bridgehead atoms. The number of nitrogens with zero attached hydrogens (tertiary/aromatic N) is 4. The van der Waals surface area contributed by atoms with Crippen molar-refractivity contribution in [3.63, 3.8) is 0 Å². The van der Waals surface area contributed by atoms with Crippen molar-refractivity contribution in [2.24, 2.45) is 0 Å². The molecule has 1 aliphatic rings. The number of hydrogen-bond donors (Lipinski definition) is 1. The van der Waals surface area contributed by atoms with E-state index in [1.165, 1.54) is 11.8 Å². The van der Waals surface area contributed by atoms with Gasteiger partial charge < -0.3 is 19.3 Å². The molecule has 28 heavy (non-hydrogen) atoms. The number of aliphatic hydroxyl groups excluding tert-OH is 1. The average molecular weight is 404 g/mol. The maximum atomic E-state index is 15.5. The summed E-state index contributed by atoms with van der Waals surface area (Å²) in [6.07, 6.45) is 3.42. The standard InChI is InChI=1S/C19H21FN4O3S/c1-10-7-24(8-11(2)26-10)17-12(9-25)6-13-16(23-27-18(13)15(17)20)14-4-5-21-19(22-14)28-3/h4-6,10-11,25H,7-9H2,1-3H3/t10-,11-/m1/s1. The molecule has 3 heterocycles. The van der Waals surface area contributed by atoms with Crippen LogP contribution in [0.25, 0.3) is 22.4 Å². The van der Waals surface area contributed by atoms with Crippen LogP contribution in [0.5, 0.6) is 0 Å². The van der Waals surface area contributed by atoms with Crippen molar-refractivity contribution in [1.29, 1.82) is 0 Å². The fourth-order valence-corrected chi connectivity index (χ4v) is 4.02. The molecule has 0 amide bonds. The Bertz CT molecular complexity index is 1000. The van der Waals surface area contributed by atoms with Gasteiger partial charge in [-0.3, -0.25) is 0 Å². The van der Waals surface area contributed by atoms with Gasteiger partial charge in [0, 0.05) is 24.8 Å². The summed E-state index contributed by atoms with van der Waals surface area (Å²) in [5.41, 5.74) is 1.85. The summed E-state index contributed by atoms with van der Waals surface area (Å²) in [6, 6.07) is 3.43. The van der Waals surface area contributed by atoms with E-state index in [4.69, 9.17) is 9.26 Å². The molecule has 2 atom stereocenters. The van der Waals surface area contributed by atoms with Crippen molar-refractivity contribution >= 4 is 28.4 Å². The summed E-state index contributed by atoms with van der Waals surface area (Å²) in [6.45, 7) is 4.66. The van der Waals surface area contributed by atoms with Gasteiger partial charge in [0.2, 0.25) is 5.58 Å². The van der Waals surface area contributed by atoms with Gasteiger partial charge in [-0.2, -0.15) is 0 Å². The summed E-state index contributed by atoms with van der Waals surface area (Å²) < 4.78 is 26.6. The minimum Gasteiger partial charge on any atom is -0.392 e. The van der Waals surface area contributed by atoms with Gasteiger partial charge in [-0.05, 0) is 32.2 Å². The number of morpholine rings is 1. The molecule has 1 aromatic carbocycles. The van der Waals surface area contributed by atoms with Crippen LogP contribution in [0.1, 0.15) is 19.4 Å². The van der Waals surface area contributed by atoms with Gasteiger partial charge in [-0.1, -0.05) is 16.9 Å². The zero-order valence-corrected chi connectivity index (χ0v) is 16.7. The molecule has 2 aromatic heterocycles. The van der Waals surface area contributed by atoms with Crippen LogP contribution in [0, 0.1) is 5.82 Å². The fourth-order valence-electron chi connectivity index (χ4n) is 3.66. The van der Waals surface area contributed by atoms with Crippen molar-refractivity contribution in [2.75, 3.05) is 24.2 Å². The molecule has 0 radical (unpaired) electrons. The monoisotopic (exact) mass is 404 g/mol. The van der Waals surface area contributed by atoms with Crippen LogP contribution in [-0.2, 0) is 11.3 Å². The number of rotatable bonds is 4. The van der Waals surface area contributed by atoms with Gasteiger partial charge in [0.05, 0.1) is 35.6 Å². The fraction of sp³-hybridized carbons (Fsp3) is 0.421. The van der Waals surface area contributed by atoms with E-state index >= 15 is 4.39 Å². The predicted molar refractivity (Wildman–Crippen MR) is 105 cm³/mol. The lowest BCUT2D eigenvalue weighted by Crippen LogP contribution is -2.46. The molecule has 4 rings (SSSR count). The molecule has 0 unspecified atom stereocenters. The van der Waals surface area contributed by atoms with E-state index < -0.39 is 5.82 Å². The highest BCUT2D eigenvalue weighted by Crippen LogP contribution is 2.37. The largest absolute Gasteiger partial charge is 0.392 e. The van der Waals surface area contributed by atoms with Crippen LogP contribution in [0.4, 0.5) is 10.1 Å². The molecular weight excluding hydrogens is 383 g/mol. The molecule has 0 aliphatic carbocycles. The van der Waals surface area contributed by atoms with Crippen LogP contribution in [0.2, 0.25) is 0 Å². The number of hydrogen-bond acceptors (Lipinski definition) is 8. The Labute approximate surface area is 165 Å². The Morgan fingerprint density at radius 2 is 2.07 bits per heavy atom. The molecule has 1 fully saturated rings. The summed E-state index contributed by atoms with van der Waals surface area (Å²) in [4.78, 5) is 10.5. The minimum absolute atomic E-state index is 0.0401. The Morgan fingerprint density at radius 1 is 1.32 bits per heavy atom. The number of anilines is 1. The second-order valence-corrected chi connectivity index (χ2v) is 7.63. The lowest BCUT2D eigenvalue weighted by molar-refractivity contribution is -0.00549. The first-order chi connectivity index (χ1) is 13.5. The molecule has 7 nitrogen and oxygen atoms in total. The van der Waals surface area contributed by atoms with E-state index in [1.54, 1.807) is 18.3 Å². The summed E-state index contributed by atoms with van der Waals surface area (Å²) >= 11 is 1.40. The van der Waals surface area contributed by atoms with Crippen LogP contribution >= 0.6 is 11.8 Å². The number of fused-ring (bicyclic) bond motifs is 1. The third-order valence-corrected chi connectivity index (χ3v) is 5.28. The third kappa shape index (κ3) is 3.34. The number of ether oxygens (including phenoxy) is 1. The van der Waals surface area contributed by atoms with Crippen LogP contribution in [0.15, 0.2) is 28.0 Å². The van der Waals surface area contributed by atoms with Crippen molar-refractivity contribution in [2.45, 2.75) is 37.8 Å². The quantitative estimate of drug-likeness (QED) is 0.524. The van der Waals surface area contributed by atoms with Crippen LogP contribution in [0.3, 0.4) is 0 Å². The second kappa shape index (κ2) is 7.65. The highest BCUT2D eigenvalue weighted by Gasteiger charge is 2.29. The highest BCUT2D eigenvalue weighted by atomic mass is 32.2. The Hall–Kier alpha value is -2.23. The molecule has 0 spiro atoms. The first kappa shape index (κ1) is 19.1. The number of halogens is 1. The molecular formula is C19H21FN4O3S. The Balaban J connectivity index is 1.85. The molecule has 3 aromatic rings. The Morgan fingerprint density at radius 3 is 2.75 bits per heavy atom. The number of aliphatic hydroxyl groups is 1. The Kier molecular flexibility index (Phi) is 5.22. The SMILES string of the molecule is CSc1nccc(-c2noc3c(F)c(N4C[C@@H](C)O[C@H](C)C4)c(CO)cc23)n1. The maximum Gasteiger partial charge on any atom is 0.205 e. The van der Waals surface area contributed by atoms with Crippen LogP contribution in [-0.4, -0.2) is 51.8 Å². The van der Waals surface area contributed by atoms with E-state index in [0.717, 1.165) is 0 Å². The van der Waals surface area contributed by atoms with E-state index in [9.17, 15) is 5.11 Å². The van der Waals surface area contributed by atoms with Gasteiger partial charge >= 0.3 is 0 Å². The minimum atomic E-state index is -0.527. The van der Waals surface area contributed by atoms with E-state index in [0.29, 0.717) is 46.3 Å². The van der Waals surface area contributed by atoms with Crippen molar-refractivity contribution in [3.8, 4) is 11.4 Å². The van der Waals surface area contributed by atoms with Gasteiger partial charge in [-0.25, -0.2) is 14.4 Å². The molecule has 0 saturated carbocycles. The number of aromatic nitrogens is 3. The van der Waals surface area contributed by atoms with E-state index in [1.807, 2.05) is 25.0 Å². The first-order valence-corrected chi connectivity index (χ1v) is 10.2. The molecule has 1 N–H and O–H groups in total. The van der Waals surface area contributed by atoms with Gasteiger partial charge in [-0.15, -0.1) is 0 Å². The maximum absolute atomic E-state index is 15.5. The van der Waals surface area contributed by atoms with Crippen molar-refractivity contribution in [1.82, 2.24) is 15.1 Å². The lowest BCUT2D eigenvalue weighted by Gasteiger charge is -2.37. The predicted octanol–water partition coefficient (Wildman–Crippen LogP) is 3.25. The molecule has 1 aliphatic heterocycles. The van der Waals surface area contributed by atoms with E-state index in [2.05, 4.69) is 15.1 Å².